The van der Waals surface area contributed by atoms with Crippen LogP contribution in [0.25, 0.3) is 0 Å². The SMILES string of the molecule is CCCCN(CC)S(=O)(=O)c1cc(CCl)c(Cl)cc1Cl. The lowest BCUT2D eigenvalue weighted by Gasteiger charge is -2.21. The van der Waals surface area contributed by atoms with Gasteiger partial charge in [0.1, 0.15) is 4.90 Å². The first-order valence-corrected chi connectivity index (χ1v) is 9.15. The van der Waals surface area contributed by atoms with Crippen molar-refractivity contribution in [2.45, 2.75) is 37.5 Å². The standard InChI is InChI=1S/C13H18Cl3NO2S/c1-3-5-6-17(4-2)20(18,19)13-7-10(9-14)11(15)8-12(13)16/h7-8H,3-6,9H2,1-2H3. The maximum atomic E-state index is 12.6. The number of rotatable bonds is 7. The summed E-state index contributed by atoms with van der Waals surface area (Å²) in [5.41, 5.74) is 0.558. The Labute approximate surface area is 135 Å². The molecule has 114 valence electrons. The van der Waals surface area contributed by atoms with Crippen molar-refractivity contribution >= 4 is 44.8 Å². The minimum atomic E-state index is -3.62. The zero-order valence-corrected chi connectivity index (χ0v) is 14.6. The Bertz CT molecular complexity index is 561. The fourth-order valence-electron chi connectivity index (χ4n) is 1.79. The lowest BCUT2D eigenvalue weighted by molar-refractivity contribution is 0.419. The number of halogens is 3. The summed E-state index contributed by atoms with van der Waals surface area (Å²) in [5, 5.41) is 0.499. The number of hydrogen-bond acceptors (Lipinski definition) is 2. The topological polar surface area (TPSA) is 37.4 Å². The highest BCUT2D eigenvalue weighted by Gasteiger charge is 2.26. The number of sulfonamides is 1. The molecule has 20 heavy (non-hydrogen) atoms. The van der Waals surface area contributed by atoms with E-state index in [9.17, 15) is 8.42 Å². The fourth-order valence-corrected chi connectivity index (χ4v) is 4.41. The summed E-state index contributed by atoms with van der Waals surface area (Å²) < 4.78 is 26.7. The molecule has 0 aliphatic rings. The summed E-state index contributed by atoms with van der Waals surface area (Å²) >= 11 is 17.8. The van der Waals surface area contributed by atoms with Crippen molar-refractivity contribution in [1.82, 2.24) is 4.31 Å². The molecule has 1 aromatic rings. The normalized spacial score (nSPS) is 12.1. The molecule has 1 rings (SSSR count). The Balaban J connectivity index is 3.26. The monoisotopic (exact) mass is 357 g/mol. The Morgan fingerprint density at radius 3 is 2.30 bits per heavy atom. The molecule has 0 atom stereocenters. The van der Waals surface area contributed by atoms with Crippen LogP contribution in [0.5, 0.6) is 0 Å². The van der Waals surface area contributed by atoms with E-state index in [0.29, 0.717) is 23.7 Å². The Morgan fingerprint density at radius 1 is 1.15 bits per heavy atom. The summed E-state index contributed by atoms with van der Waals surface area (Å²) in [6.07, 6.45) is 1.73. The Hall–Kier alpha value is -0.000000000000000111. The summed E-state index contributed by atoms with van der Waals surface area (Å²) in [6.45, 7) is 4.70. The lowest BCUT2D eigenvalue weighted by Crippen LogP contribution is -2.32. The van der Waals surface area contributed by atoms with Crippen LogP contribution >= 0.6 is 34.8 Å². The zero-order chi connectivity index (χ0) is 15.3. The molecule has 0 radical (unpaired) electrons. The number of nitrogens with zero attached hydrogens (tertiary/aromatic N) is 1. The maximum absolute atomic E-state index is 12.6. The number of benzene rings is 1. The molecule has 0 saturated heterocycles. The molecular formula is C13H18Cl3NO2S. The van der Waals surface area contributed by atoms with Gasteiger partial charge in [-0.05, 0) is 24.1 Å². The molecular weight excluding hydrogens is 341 g/mol. The van der Waals surface area contributed by atoms with E-state index >= 15 is 0 Å². The second kappa shape index (κ2) is 7.85. The van der Waals surface area contributed by atoms with Gasteiger partial charge < -0.3 is 0 Å². The molecule has 1 aromatic carbocycles. The highest BCUT2D eigenvalue weighted by Crippen LogP contribution is 2.31. The van der Waals surface area contributed by atoms with Gasteiger partial charge in [-0.2, -0.15) is 4.31 Å². The Kier molecular flexibility index (Phi) is 7.09. The van der Waals surface area contributed by atoms with Gasteiger partial charge in [-0.15, -0.1) is 11.6 Å². The predicted octanol–water partition coefficient (Wildman–Crippen LogP) is 4.54. The van der Waals surface area contributed by atoms with E-state index in [2.05, 4.69) is 0 Å². The van der Waals surface area contributed by atoms with Crippen LogP contribution in [0.3, 0.4) is 0 Å². The average molecular weight is 359 g/mol. The largest absolute Gasteiger partial charge is 0.244 e. The van der Waals surface area contributed by atoms with Crippen molar-refractivity contribution in [2.24, 2.45) is 0 Å². The molecule has 0 aliphatic carbocycles. The van der Waals surface area contributed by atoms with Crippen LogP contribution in [0, 0.1) is 0 Å². The van der Waals surface area contributed by atoms with E-state index in [1.54, 1.807) is 6.92 Å². The fraction of sp³-hybridized carbons (Fsp3) is 0.538. The molecule has 0 spiro atoms. The van der Waals surface area contributed by atoms with Crippen molar-refractivity contribution in [3.05, 3.63) is 27.7 Å². The van der Waals surface area contributed by atoms with Crippen molar-refractivity contribution in [3.8, 4) is 0 Å². The minimum Gasteiger partial charge on any atom is -0.207 e. The summed E-state index contributed by atoms with van der Waals surface area (Å²) in [7, 11) is -3.62. The van der Waals surface area contributed by atoms with E-state index in [1.807, 2.05) is 6.92 Å². The molecule has 0 bridgehead atoms. The molecule has 0 N–H and O–H groups in total. The summed E-state index contributed by atoms with van der Waals surface area (Å²) in [5.74, 6) is 0.138. The zero-order valence-electron chi connectivity index (χ0n) is 11.5. The van der Waals surface area contributed by atoms with Crippen molar-refractivity contribution in [1.29, 1.82) is 0 Å². The van der Waals surface area contributed by atoms with Crippen molar-refractivity contribution in [2.75, 3.05) is 13.1 Å². The smallest absolute Gasteiger partial charge is 0.207 e. The number of unbranched alkanes of at least 4 members (excludes halogenated alkanes) is 1. The van der Waals surface area contributed by atoms with E-state index in [-0.39, 0.29) is 15.8 Å². The predicted molar refractivity (Wildman–Crippen MR) is 85.4 cm³/mol. The van der Waals surface area contributed by atoms with Gasteiger partial charge in [-0.3, -0.25) is 0 Å². The van der Waals surface area contributed by atoms with E-state index < -0.39 is 10.0 Å². The van der Waals surface area contributed by atoms with Crippen LogP contribution in [0.1, 0.15) is 32.3 Å². The highest BCUT2D eigenvalue weighted by molar-refractivity contribution is 7.89. The first-order valence-electron chi connectivity index (χ1n) is 6.42. The summed E-state index contributed by atoms with van der Waals surface area (Å²) in [4.78, 5) is 0.0668. The van der Waals surface area contributed by atoms with Crippen molar-refractivity contribution < 1.29 is 8.42 Å². The van der Waals surface area contributed by atoms with Gasteiger partial charge in [0, 0.05) is 24.0 Å². The van der Waals surface area contributed by atoms with Gasteiger partial charge in [0.15, 0.2) is 0 Å². The second-order valence-corrected chi connectivity index (χ2v) is 7.35. The molecule has 3 nitrogen and oxygen atoms in total. The molecule has 0 aromatic heterocycles. The van der Waals surface area contributed by atoms with Crippen LogP contribution in [0.15, 0.2) is 17.0 Å². The molecule has 0 aliphatic heterocycles. The number of hydrogen-bond donors (Lipinski definition) is 0. The maximum Gasteiger partial charge on any atom is 0.244 e. The van der Waals surface area contributed by atoms with Gasteiger partial charge in [-0.25, -0.2) is 8.42 Å². The van der Waals surface area contributed by atoms with Crippen LogP contribution in [-0.4, -0.2) is 25.8 Å². The molecule has 0 fully saturated rings. The molecule has 7 heteroatoms. The number of alkyl halides is 1. The van der Waals surface area contributed by atoms with Crippen LogP contribution in [-0.2, 0) is 15.9 Å². The first kappa shape index (κ1) is 18.1. The third-order valence-corrected chi connectivity index (χ3v) is 6.06. The second-order valence-electron chi connectivity index (χ2n) is 4.36. The van der Waals surface area contributed by atoms with E-state index in [0.717, 1.165) is 12.8 Å². The first-order chi connectivity index (χ1) is 9.38. The van der Waals surface area contributed by atoms with Crippen molar-refractivity contribution in [3.63, 3.8) is 0 Å². The molecule has 0 amide bonds. The molecule has 0 heterocycles. The van der Waals surface area contributed by atoms with Gasteiger partial charge in [-0.1, -0.05) is 43.5 Å². The average Bonchev–Trinajstić information content (AvgIpc) is 2.39. The third-order valence-electron chi connectivity index (χ3n) is 2.98. The van der Waals surface area contributed by atoms with Gasteiger partial charge >= 0.3 is 0 Å². The van der Waals surface area contributed by atoms with Gasteiger partial charge in [0.2, 0.25) is 10.0 Å². The van der Waals surface area contributed by atoms with Crippen LogP contribution < -0.4 is 0 Å². The van der Waals surface area contributed by atoms with Crippen LogP contribution in [0.2, 0.25) is 10.0 Å². The minimum absolute atomic E-state index is 0.0668. The van der Waals surface area contributed by atoms with E-state index in [1.165, 1.54) is 16.4 Å². The summed E-state index contributed by atoms with van der Waals surface area (Å²) in [6, 6.07) is 2.89. The van der Waals surface area contributed by atoms with Gasteiger partial charge in [0.05, 0.1) is 5.02 Å². The Morgan fingerprint density at radius 2 is 1.80 bits per heavy atom. The van der Waals surface area contributed by atoms with Crippen LogP contribution in [0.4, 0.5) is 0 Å². The highest BCUT2D eigenvalue weighted by atomic mass is 35.5. The molecule has 0 unspecified atom stereocenters. The van der Waals surface area contributed by atoms with Gasteiger partial charge in [0.25, 0.3) is 0 Å². The lowest BCUT2D eigenvalue weighted by atomic mass is 10.2. The van der Waals surface area contributed by atoms with E-state index in [4.69, 9.17) is 34.8 Å². The quantitative estimate of drug-likeness (QED) is 0.671. The third kappa shape index (κ3) is 4.01. The molecule has 0 saturated carbocycles.